The molecule has 3 aliphatic rings. The van der Waals surface area contributed by atoms with E-state index >= 15 is 0 Å². The molecular weight excluding hydrogens is 264 g/mol. The molecule has 0 radical (unpaired) electrons. The molecule has 3 fully saturated rings. The maximum atomic E-state index is 12.3. The Balaban J connectivity index is 1.57. The molecule has 4 atom stereocenters. The van der Waals surface area contributed by atoms with Crippen LogP contribution in [-0.4, -0.2) is 54.7 Å². The number of rotatable bonds is 4. The predicted molar refractivity (Wildman–Crippen MR) is 66.6 cm³/mol. The molecule has 0 spiro atoms. The van der Waals surface area contributed by atoms with Gasteiger partial charge in [-0.05, 0) is 19.8 Å². The topological polar surface area (TPSA) is 84.9 Å². The zero-order valence-electron chi connectivity index (χ0n) is 11.3. The van der Waals surface area contributed by atoms with Crippen LogP contribution in [0.25, 0.3) is 0 Å². The van der Waals surface area contributed by atoms with Crippen molar-refractivity contribution in [2.75, 3.05) is 19.7 Å². The van der Waals surface area contributed by atoms with Crippen molar-refractivity contribution in [3.63, 3.8) is 0 Å². The van der Waals surface area contributed by atoms with Crippen LogP contribution in [0.2, 0.25) is 0 Å². The maximum absolute atomic E-state index is 12.3. The highest BCUT2D eigenvalue weighted by Gasteiger charge is 2.62. The van der Waals surface area contributed by atoms with Gasteiger partial charge in [0.15, 0.2) is 0 Å². The Morgan fingerprint density at radius 2 is 1.90 bits per heavy atom. The van der Waals surface area contributed by atoms with Crippen molar-refractivity contribution in [1.82, 2.24) is 10.2 Å². The van der Waals surface area contributed by atoms with Gasteiger partial charge >= 0.3 is 6.09 Å². The summed E-state index contributed by atoms with van der Waals surface area (Å²) in [4.78, 5) is 36.9. The fraction of sp³-hybridized carbons (Fsp3) is 0.769. The van der Waals surface area contributed by atoms with Crippen LogP contribution < -0.4 is 5.32 Å². The van der Waals surface area contributed by atoms with Crippen LogP contribution in [-0.2, 0) is 19.1 Å². The van der Waals surface area contributed by atoms with E-state index < -0.39 is 6.09 Å². The lowest BCUT2D eigenvalue weighted by Gasteiger charge is -2.17. The molecule has 3 amide bonds. The van der Waals surface area contributed by atoms with E-state index in [0.29, 0.717) is 6.54 Å². The summed E-state index contributed by atoms with van der Waals surface area (Å²) in [6.07, 6.45) is 0.976. The summed E-state index contributed by atoms with van der Waals surface area (Å²) in [6.45, 7) is 2.41. The molecule has 20 heavy (non-hydrogen) atoms. The number of alkyl carbamates (subject to hydrolysis) is 1. The first-order valence-electron chi connectivity index (χ1n) is 7.04. The van der Waals surface area contributed by atoms with Crippen molar-refractivity contribution in [2.45, 2.75) is 32.0 Å². The summed E-state index contributed by atoms with van der Waals surface area (Å²) < 4.78 is 10.5. The van der Waals surface area contributed by atoms with E-state index in [1.807, 2.05) is 0 Å². The third kappa shape index (κ3) is 1.96. The number of hydrogen-bond acceptors (Lipinski definition) is 5. The average Bonchev–Trinajstić information content (AvgIpc) is 3.08. The molecule has 3 saturated heterocycles. The van der Waals surface area contributed by atoms with Crippen LogP contribution in [0.5, 0.6) is 0 Å². The second-order valence-corrected chi connectivity index (χ2v) is 5.34. The lowest BCUT2D eigenvalue weighted by molar-refractivity contribution is -0.143. The van der Waals surface area contributed by atoms with Gasteiger partial charge in [0, 0.05) is 6.54 Å². The molecule has 3 rings (SSSR count). The molecule has 0 aliphatic carbocycles. The Morgan fingerprint density at radius 3 is 2.45 bits per heavy atom. The second-order valence-electron chi connectivity index (χ2n) is 5.34. The first-order chi connectivity index (χ1) is 9.63. The van der Waals surface area contributed by atoms with Crippen LogP contribution in [0.1, 0.15) is 19.8 Å². The van der Waals surface area contributed by atoms with Gasteiger partial charge in [0.25, 0.3) is 0 Å². The quantitative estimate of drug-likeness (QED) is 0.728. The molecule has 0 aromatic heterocycles. The summed E-state index contributed by atoms with van der Waals surface area (Å²) in [5.74, 6) is -0.977. The van der Waals surface area contributed by atoms with Gasteiger partial charge in [-0.15, -0.1) is 0 Å². The smallest absolute Gasteiger partial charge is 0.407 e. The number of carbonyl (C=O) groups is 3. The summed E-state index contributed by atoms with van der Waals surface area (Å²) >= 11 is 0. The van der Waals surface area contributed by atoms with Crippen LogP contribution >= 0.6 is 0 Å². The standard InChI is InChI=1S/C13H18N2O5/c1-2-14-13(18)19-6-5-15-11(16)9-7-3-4-8(20-7)10(9)12(15)17/h7-10H,2-6H2,1H3,(H,14,18)/t7-,8-,9-,10-/m0/s1. The van der Waals surface area contributed by atoms with Crippen molar-refractivity contribution in [2.24, 2.45) is 11.8 Å². The molecule has 7 nitrogen and oxygen atoms in total. The Labute approximate surface area is 116 Å². The molecule has 7 heteroatoms. The minimum Gasteiger partial charge on any atom is -0.448 e. The number of nitrogens with zero attached hydrogens (tertiary/aromatic N) is 1. The minimum atomic E-state index is -0.532. The van der Waals surface area contributed by atoms with E-state index in [0.717, 1.165) is 12.8 Å². The highest BCUT2D eigenvalue weighted by atomic mass is 16.5. The molecular formula is C13H18N2O5. The Hall–Kier alpha value is -1.63. The first-order valence-corrected chi connectivity index (χ1v) is 7.04. The van der Waals surface area contributed by atoms with E-state index in [4.69, 9.17) is 9.47 Å². The zero-order chi connectivity index (χ0) is 14.3. The highest BCUT2D eigenvalue weighted by molar-refractivity contribution is 6.06. The van der Waals surface area contributed by atoms with Crippen LogP contribution in [0.3, 0.4) is 0 Å². The summed E-state index contributed by atoms with van der Waals surface area (Å²) in [5.41, 5.74) is 0. The van der Waals surface area contributed by atoms with E-state index in [2.05, 4.69) is 5.32 Å². The molecule has 2 bridgehead atoms. The van der Waals surface area contributed by atoms with Crippen molar-refractivity contribution in [3.8, 4) is 0 Å². The Bertz CT molecular complexity index is 424. The van der Waals surface area contributed by atoms with Gasteiger partial charge in [-0.3, -0.25) is 14.5 Å². The fourth-order valence-corrected chi connectivity index (χ4v) is 3.42. The number of nitrogens with one attached hydrogen (secondary N) is 1. The zero-order valence-corrected chi connectivity index (χ0v) is 11.3. The number of hydrogen-bond donors (Lipinski definition) is 1. The van der Waals surface area contributed by atoms with Gasteiger partial charge in [0.05, 0.1) is 30.6 Å². The number of carbonyl (C=O) groups excluding carboxylic acids is 3. The predicted octanol–water partition coefficient (Wildman–Crippen LogP) is -0.105. The van der Waals surface area contributed by atoms with Crippen molar-refractivity contribution >= 4 is 17.9 Å². The summed E-state index contributed by atoms with van der Waals surface area (Å²) in [6, 6.07) is 0. The van der Waals surface area contributed by atoms with Crippen LogP contribution in [0.4, 0.5) is 4.79 Å². The van der Waals surface area contributed by atoms with Crippen LogP contribution in [0, 0.1) is 11.8 Å². The fourth-order valence-electron chi connectivity index (χ4n) is 3.42. The maximum Gasteiger partial charge on any atom is 0.407 e. The molecule has 3 aliphatic heterocycles. The largest absolute Gasteiger partial charge is 0.448 e. The van der Waals surface area contributed by atoms with Gasteiger partial charge in [-0.2, -0.15) is 0 Å². The average molecular weight is 282 g/mol. The lowest BCUT2D eigenvalue weighted by Crippen LogP contribution is -2.37. The Morgan fingerprint density at radius 1 is 1.30 bits per heavy atom. The first kappa shape index (κ1) is 13.4. The summed E-state index contributed by atoms with van der Waals surface area (Å²) in [7, 11) is 0. The number of imide groups is 1. The van der Waals surface area contributed by atoms with E-state index in [9.17, 15) is 14.4 Å². The van der Waals surface area contributed by atoms with E-state index in [1.165, 1.54) is 4.90 Å². The lowest BCUT2D eigenvalue weighted by atomic mass is 9.81. The Kier molecular flexibility index (Phi) is 3.37. The van der Waals surface area contributed by atoms with Gasteiger partial charge in [-0.25, -0.2) is 4.79 Å². The van der Waals surface area contributed by atoms with E-state index in [-0.39, 0.29) is 49.0 Å². The molecule has 3 heterocycles. The van der Waals surface area contributed by atoms with Gasteiger partial charge in [-0.1, -0.05) is 0 Å². The van der Waals surface area contributed by atoms with Crippen LogP contribution in [0.15, 0.2) is 0 Å². The van der Waals surface area contributed by atoms with Crippen molar-refractivity contribution in [3.05, 3.63) is 0 Å². The molecule has 0 aromatic carbocycles. The van der Waals surface area contributed by atoms with E-state index in [1.54, 1.807) is 6.92 Å². The SMILES string of the molecule is CCNC(=O)OCCN1C(=O)[C@@H]2[C@@H](C1=O)[C@@H]1CC[C@@H]2O1. The highest BCUT2D eigenvalue weighted by Crippen LogP contribution is 2.48. The van der Waals surface area contributed by atoms with Crippen molar-refractivity contribution < 1.29 is 23.9 Å². The van der Waals surface area contributed by atoms with Crippen molar-refractivity contribution in [1.29, 1.82) is 0 Å². The van der Waals surface area contributed by atoms with Gasteiger partial charge in [0.1, 0.15) is 6.61 Å². The normalized spacial score (nSPS) is 34.5. The third-order valence-electron chi connectivity index (χ3n) is 4.24. The van der Waals surface area contributed by atoms with Gasteiger partial charge < -0.3 is 14.8 Å². The van der Waals surface area contributed by atoms with Gasteiger partial charge in [0.2, 0.25) is 11.8 Å². The third-order valence-corrected chi connectivity index (χ3v) is 4.24. The number of ether oxygens (including phenoxy) is 2. The second kappa shape index (κ2) is 5.05. The molecule has 0 aromatic rings. The molecule has 0 saturated carbocycles. The minimum absolute atomic E-state index is 0.0267. The molecule has 0 unspecified atom stereocenters. The molecule has 110 valence electrons. The number of fused-ring (bicyclic) bond motifs is 5. The number of amides is 3. The monoisotopic (exact) mass is 282 g/mol. The number of likely N-dealkylation sites (tertiary alicyclic amines) is 1. The molecule has 1 N–H and O–H groups in total. The summed E-state index contributed by atoms with van der Waals surface area (Å²) in [5, 5.41) is 2.49.